The van der Waals surface area contributed by atoms with Crippen molar-refractivity contribution >= 4 is 17.5 Å². The normalized spacial score (nSPS) is 20.8. The van der Waals surface area contributed by atoms with Gasteiger partial charge in [0.25, 0.3) is 0 Å². The lowest BCUT2D eigenvalue weighted by atomic mass is 9.86. The van der Waals surface area contributed by atoms with Crippen molar-refractivity contribution in [1.29, 1.82) is 0 Å². The van der Waals surface area contributed by atoms with E-state index in [0.29, 0.717) is 16.6 Å². The van der Waals surface area contributed by atoms with Gasteiger partial charge in [0.15, 0.2) is 0 Å². The number of nitrogens with one attached hydrogen (secondary N) is 1. The van der Waals surface area contributed by atoms with Crippen molar-refractivity contribution < 1.29 is 4.79 Å². The van der Waals surface area contributed by atoms with E-state index in [0.717, 1.165) is 28.6 Å². The molecule has 1 aliphatic rings. The van der Waals surface area contributed by atoms with Crippen LogP contribution in [0.5, 0.6) is 0 Å². The average molecular weight is 350 g/mol. The van der Waals surface area contributed by atoms with Crippen LogP contribution in [-0.4, -0.2) is 31.7 Å². The smallest absolute Gasteiger partial charge is 0.351 e. The van der Waals surface area contributed by atoms with Crippen molar-refractivity contribution in [2.75, 3.05) is 0 Å². The predicted molar refractivity (Wildman–Crippen MR) is 90.2 cm³/mol. The Labute approximate surface area is 144 Å². The summed E-state index contributed by atoms with van der Waals surface area (Å²) in [7, 11) is 0. The highest BCUT2D eigenvalue weighted by atomic mass is 35.5. The van der Waals surface area contributed by atoms with Crippen molar-refractivity contribution in [1.82, 2.24) is 25.1 Å². The first kappa shape index (κ1) is 16.7. The van der Waals surface area contributed by atoms with Crippen molar-refractivity contribution in [2.45, 2.75) is 45.2 Å². The Morgan fingerprint density at radius 1 is 1.29 bits per heavy atom. The van der Waals surface area contributed by atoms with Gasteiger partial charge in [0, 0.05) is 6.04 Å². The first-order valence-corrected chi connectivity index (χ1v) is 8.51. The van der Waals surface area contributed by atoms with Gasteiger partial charge < -0.3 is 5.32 Å². The van der Waals surface area contributed by atoms with Gasteiger partial charge in [-0.3, -0.25) is 4.79 Å². The number of carbonyl (C=O) groups excluding carboxylic acids is 1. The van der Waals surface area contributed by atoms with Gasteiger partial charge in [0.05, 0.1) is 10.7 Å². The molecule has 0 radical (unpaired) electrons. The van der Waals surface area contributed by atoms with E-state index in [4.69, 9.17) is 11.6 Å². The molecule has 1 heterocycles. The molecule has 0 spiro atoms. The van der Waals surface area contributed by atoms with Crippen LogP contribution in [0.2, 0.25) is 5.02 Å². The molecule has 1 aromatic carbocycles. The zero-order valence-corrected chi connectivity index (χ0v) is 14.2. The minimum atomic E-state index is -0.491. The molecule has 2 aromatic rings. The lowest BCUT2D eigenvalue weighted by Crippen LogP contribution is -2.43. The van der Waals surface area contributed by atoms with Crippen molar-refractivity contribution in [3.8, 4) is 5.69 Å². The third kappa shape index (κ3) is 3.51. The number of benzene rings is 1. The second-order valence-electron chi connectivity index (χ2n) is 6.22. The molecule has 7 nitrogen and oxygen atoms in total. The van der Waals surface area contributed by atoms with E-state index < -0.39 is 5.69 Å². The number of carbonyl (C=O) groups is 1. The van der Waals surface area contributed by atoms with Crippen LogP contribution in [0.25, 0.3) is 5.69 Å². The fourth-order valence-electron chi connectivity index (χ4n) is 3.07. The third-order valence-electron chi connectivity index (χ3n) is 4.47. The van der Waals surface area contributed by atoms with E-state index in [-0.39, 0.29) is 18.5 Å². The molecule has 0 unspecified atom stereocenters. The number of tetrazole rings is 1. The minimum Gasteiger partial charge on any atom is -0.351 e. The summed E-state index contributed by atoms with van der Waals surface area (Å²) in [6, 6.07) is 7.02. The summed E-state index contributed by atoms with van der Waals surface area (Å²) in [5, 5.41) is 11.0. The molecular formula is C16H20ClN5O2. The molecule has 1 aliphatic carbocycles. The zero-order chi connectivity index (χ0) is 17.1. The molecular weight excluding hydrogens is 330 g/mol. The van der Waals surface area contributed by atoms with Gasteiger partial charge in [0.1, 0.15) is 6.54 Å². The molecule has 1 fully saturated rings. The topological polar surface area (TPSA) is 81.8 Å². The van der Waals surface area contributed by atoms with Crippen LogP contribution in [0.1, 0.15) is 32.6 Å². The molecule has 24 heavy (non-hydrogen) atoms. The van der Waals surface area contributed by atoms with Gasteiger partial charge in [-0.1, -0.05) is 43.5 Å². The van der Waals surface area contributed by atoms with Crippen molar-refractivity contribution in [3.05, 3.63) is 39.8 Å². The van der Waals surface area contributed by atoms with Crippen LogP contribution < -0.4 is 11.0 Å². The molecule has 0 aliphatic heterocycles. The van der Waals surface area contributed by atoms with Gasteiger partial charge in [0.2, 0.25) is 5.91 Å². The van der Waals surface area contributed by atoms with Crippen LogP contribution in [0.15, 0.2) is 29.1 Å². The summed E-state index contributed by atoms with van der Waals surface area (Å²) in [6.07, 6.45) is 4.43. The Hall–Kier alpha value is -2.15. The number of hydrogen-bond acceptors (Lipinski definition) is 4. The maximum atomic E-state index is 12.4. The van der Waals surface area contributed by atoms with Gasteiger partial charge in [-0.2, -0.15) is 9.36 Å². The van der Waals surface area contributed by atoms with Gasteiger partial charge in [-0.05, 0) is 41.3 Å². The molecule has 1 saturated carbocycles. The van der Waals surface area contributed by atoms with Crippen LogP contribution in [0, 0.1) is 5.92 Å². The fraction of sp³-hybridized carbons (Fsp3) is 0.500. The molecule has 1 amide bonds. The number of rotatable bonds is 4. The summed E-state index contributed by atoms with van der Waals surface area (Å²) >= 11 is 6.07. The Kier molecular flexibility index (Phi) is 4.99. The first-order chi connectivity index (χ1) is 11.6. The van der Waals surface area contributed by atoms with Gasteiger partial charge in [-0.15, -0.1) is 0 Å². The molecule has 0 bridgehead atoms. The minimum absolute atomic E-state index is 0.146. The van der Waals surface area contributed by atoms with Crippen LogP contribution in [0.4, 0.5) is 0 Å². The highest BCUT2D eigenvalue weighted by molar-refractivity contribution is 6.32. The lowest BCUT2D eigenvalue weighted by Gasteiger charge is -2.29. The monoisotopic (exact) mass is 349 g/mol. The molecule has 128 valence electrons. The number of amides is 1. The maximum absolute atomic E-state index is 12.4. The second-order valence-corrected chi connectivity index (χ2v) is 6.63. The summed E-state index contributed by atoms with van der Waals surface area (Å²) in [5.74, 6) is 0.236. The van der Waals surface area contributed by atoms with E-state index in [2.05, 4.69) is 22.7 Å². The van der Waals surface area contributed by atoms with E-state index >= 15 is 0 Å². The van der Waals surface area contributed by atoms with Crippen LogP contribution in [0.3, 0.4) is 0 Å². The average Bonchev–Trinajstić information content (AvgIpc) is 2.91. The molecule has 0 saturated heterocycles. The lowest BCUT2D eigenvalue weighted by molar-refractivity contribution is -0.123. The van der Waals surface area contributed by atoms with Gasteiger partial charge >= 0.3 is 5.69 Å². The molecule has 3 rings (SSSR count). The third-order valence-corrected chi connectivity index (χ3v) is 4.79. The van der Waals surface area contributed by atoms with Crippen LogP contribution >= 0.6 is 11.6 Å². The molecule has 1 aromatic heterocycles. The zero-order valence-electron chi connectivity index (χ0n) is 13.5. The second kappa shape index (κ2) is 7.17. The van der Waals surface area contributed by atoms with E-state index in [9.17, 15) is 9.59 Å². The van der Waals surface area contributed by atoms with Crippen LogP contribution in [-0.2, 0) is 11.3 Å². The Balaban J connectivity index is 1.71. The number of nitrogens with zero attached hydrogens (tertiary/aromatic N) is 4. The van der Waals surface area contributed by atoms with Gasteiger partial charge in [-0.25, -0.2) is 4.79 Å². The number of para-hydroxylation sites is 1. The summed E-state index contributed by atoms with van der Waals surface area (Å²) < 4.78 is 2.14. The Morgan fingerprint density at radius 2 is 2.04 bits per heavy atom. The fourth-order valence-corrected chi connectivity index (χ4v) is 3.28. The van der Waals surface area contributed by atoms with Crippen molar-refractivity contribution in [3.63, 3.8) is 0 Å². The highest BCUT2D eigenvalue weighted by Gasteiger charge is 2.23. The Morgan fingerprint density at radius 3 is 2.79 bits per heavy atom. The number of halogens is 1. The van der Waals surface area contributed by atoms with E-state index in [1.807, 2.05) is 0 Å². The number of hydrogen-bond donors (Lipinski definition) is 1. The quantitative estimate of drug-likeness (QED) is 0.912. The molecule has 1 N–H and O–H groups in total. The van der Waals surface area contributed by atoms with Crippen molar-refractivity contribution in [2.24, 2.45) is 5.92 Å². The standard InChI is InChI=1S/C16H20ClN5O2/c1-11-6-2-4-8-13(11)18-15(23)10-21-16(24)22(20-19-21)14-9-5-3-7-12(14)17/h3,5,7,9,11,13H,2,4,6,8,10H2,1H3,(H,18,23)/t11-,13-/m1/s1. The maximum Gasteiger partial charge on any atom is 0.369 e. The summed E-state index contributed by atoms with van der Waals surface area (Å²) in [6.45, 7) is 2.00. The summed E-state index contributed by atoms with van der Waals surface area (Å²) in [5.41, 5.74) is -0.0494. The predicted octanol–water partition coefficient (Wildman–Crippen LogP) is 1.78. The van der Waals surface area contributed by atoms with E-state index in [1.54, 1.807) is 24.3 Å². The Bertz CT molecular complexity index is 785. The molecule has 8 heteroatoms. The highest BCUT2D eigenvalue weighted by Crippen LogP contribution is 2.23. The van der Waals surface area contributed by atoms with E-state index in [1.165, 1.54) is 6.42 Å². The summed E-state index contributed by atoms with van der Waals surface area (Å²) in [4.78, 5) is 24.6. The largest absolute Gasteiger partial charge is 0.369 e. The molecule has 2 atom stereocenters. The number of aromatic nitrogens is 4. The first-order valence-electron chi connectivity index (χ1n) is 8.13. The SMILES string of the molecule is C[C@@H]1CCCC[C@H]1NC(=O)Cn1nnn(-c2ccccc2Cl)c1=O.